The zero-order chi connectivity index (χ0) is 7.02. The Morgan fingerprint density at radius 3 is 2.44 bits per heavy atom. The van der Waals surface area contributed by atoms with E-state index in [0.717, 1.165) is 0 Å². The third-order valence-electron chi connectivity index (χ3n) is 1.47. The van der Waals surface area contributed by atoms with Crippen molar-refractivity contribution in [2.45, 2.75) is 13.2 Å². The molecule has 0 aromatic carbocycles. The normalized spacial score (nSPS) is 27.0. The van der Waals surface area contributed by atoms with Gasteiger partial charge in [0.2, 0.25) is 5.91 Å². The van der Waals surface area contributed by atoms with Crippen LogP contribution in [-0.2, 0) is 4.79 Å². The van der Waals surface area contributed by atoms with Crippen LogP contribution in [0, 0.1) is 0 Å². The van der Waals surface area contributed by atoms with Crippen molar-refractivity contribution in [3.63, 3.8) is 0 Å². The predicted octanol–water partition coefficient (Wildman–Crippen LogP) is -0.277. The number of rotatable bonds is 0. The minimum atomic E-state index is -0.697. The molecule has 0 fully saturated rings. The largest absolute Gasteiger partial charge is 0.370 e. The van der Waals surface area contributed by atoms with E-state index >= 15 is 0 Å². The number of aliphatic hydroxyl groups is 1. The van der Waals surface area contributed by atoms with Gasteiger partial charge in [-0.15, -0.1) is 0 Å². The monoisotopic (exact) mass is 127 g/mol. The Morgan fingerprint density at radius 2 is 2.33 bits per heavy atom. The number of likely N-dealkylation sites (N-methyl/N-ethyl adjacent to an activating group) is 1. The molecule has 0 aliphatic carbocycles. The number of aliphatic hydroxyl groups excluding tert-OH is 1. The van der Waals surface area contributed by atoms with Crippen molar-refractivity contribution in [3.8, 4) is 0 Å². The molecule has 0 bridgehead atoms. The van der Waals surface area contributed by atoms with E-state index in [1.807, 2.05) is 0 Å². The van der Waals surface area contributed by atoms with Gasteiger partial charge >= 0.3 is 0 Å². The van der Waals surface area contributed by atoms with Gasteiger partial charge in [0, 0.05) is 13.1 Å². The van der Waals surface area contributed by atoms with Crippen molar-refractivity contribution >= 4 is 5.91 Å². The highest BCUT2D eigenvalue weighted by molar-refractivity contribution is 5.91. The molecule has 50 valence electrons. The summed E-state index contributed by atoms with van der Waals surface area (Å²) in [6.45, 7) is 1.73. The predicted molar refractivity (Wildman–Crippen MR) is 32.5 cm³/mol. The Kier molecular flexibility index (Phi) is 1.29. The number of amides is 1. The third kappa shape index (κ3) is 0.833. The third-order valence-corrected chi connectivity index (χ3v) is 1.47. The van der Waals surface area contributed by atoms with Crippen LogP contribution >= 0.6 is 0 Å². The number of nitrogens with zero attached hydrogens (tertiary/aromatic N) is 1. The minimum absolute atomic E-state index is 0.125. The highest BCUT2D eigenvalue weighted by Crippen LogP contribution is 2.13. The summed E-state index contributed by atoms with van der Waals surface area (Å²) < 4.78 is 0. The summed E-state index contributed by atoms with van der Waals surface area (Å²) >= 11 is 0. The average molecular weight is 127 g/mol. The summed E-state index contributed by atoms with van der Waals surface area (Å²) in [4.78, 5) is 12.0. The van der Waals surface area contributed by atoms with E-state index in [1.165, 1.54) is 11.0 Å². The maximum absolute atomic E-state index is 10.7. The molecule has 0 saturated heterocycles. The van der Waals surface area contributed by atoms with Crippen molar-refractivity contribution in [3.05, 3.63) is 11.6 Å². The molecule has 1 heterocycles. The second-order valence-electron chi connectivity index (χ2n) is 2.21. The minimum Gasteiger partial charge on any atom is -0.370 e. The lowest BCUT2D eigenvalue weighted by Gasteiger charge is -2.14. The average Bonchev–Trinajstić information content (AvgIpc) is 1.98. The van der Waals surface area contributed by atoms with Crippen LogP contribution in [0.15, 0.2) is 11.6 Å². The van der Waals surface area contributed by atoms with Gasteiger partial charge in [0.05, 0.1) is 0 Å². The first kappa shape index (κ1) is 6.29. The molecule has 1 aliphatic heterocycles. The van der Waals surface area contributed by atoms with Gasteiger partial charge in [0.25, 0.3) is 0 Å². The summed E-state index contributed by atoms with van der Waals surface area (Å²) in [5.41, 5.74) is 0.711. The zero-order valence-electron chi connectivity index (χ0n) is 5.46. The molecule has 1 atom stereocenters. The van der Waals surface area contributed by atoms with E-state index in [1.54, 1.807) is 14.0 Å². The van der Waals surface area contributed by atoms with Crippen molar-refractivity contribution in [1.29, 1.82) is 0 Å². The van der Waals surface area contributed by atoms with Gasteiger partial charge in [-0.1, -0.05) is 0 Å². The summed E-state index contributed by atoms with van der Waals surface area (Å²) in [7, 11) is 1.57. The molecule has 3 heteroatoms. The summed E-state index contributed by atoms with van der Waals surface area (Å²) in [6, 6.07) is 0. The van der Waals surface area contributed by atoms with Gasteiger partial charge in [0.15, 0.2) is 6.23 Å². The van der Waals surface area contributed by atoms with Crippen LogP contribution < -0.4 is 0 Å². The van der Waals surface area contributed by atoms with Crippen LogP contribution in [-0.4, -0.2) is 29.2 Å². The molecule has 1 aliphatic rings. The fourth-order valence-electron chi connectivity index (χ4n) is 0.797. The first-order chi connectivity index (χ1) is 4.13. The maximum atomic E-state index is 10.7. The molecule has 1 N–H and O–H groups in total. The van der Waals surface area contributed by atoms with Crippen LogP contribution in [0.3, 0.4) is 0 Å². The lowest BCUT2D eigenvalue weighted by molar-refractivity contribution is -0.128. The second kappa shape index (κ2) is 1.84. The highest BCUT2D eigenvalue weighted by atomic mass is 16.3. The van der Waals surface area contributed by atoms with Gasteiger partial charge in [-0.05, 0) is 12.5 Å². The molecule has 9 heavy (non-hydrogen) atoms. The Bertz CT molecular complexity index is 174. The summed E-state index contributed by atoms with van der Waals surface area (Å²) in [5.74, 6) is -0.125. The van der Waals surface area contributed by atoms with Gasteiger partial charge < -0.3 is 10.0 Å². The van der Waals surface area contributed by atoms with Gasteiger partial charge in [0.1, 0.15) is 0 Å². The summed E-state index contributed by atoms with van der Waals surface area (Å²) in [6.07, 6.45) is 0.738. The van der Waals surface area contributed by atoms with E-state index in [9.17, 15) is 4.79 Å². The van der Waals surface area contributed by atoms with Gasteiger partial charge in [-0.3, -0.25) is 4.79 Å². The SMILES string of the molecule is CC1=CC(=O)N(C)C1O. The van der Waals surface area contributed by atoms with E-state index in [0.29, 0.717) is 5.57 Å². The Morgan fingerprint density at radius 1 is 1.78 bits per heavy atom. The second-order valence-corrected chi connectivity index (χ2v) is 2.21. The highest BCUT2D eigenvalue weighted by Gasteiger charge is 2.23. The first-order valence-corrected chi connectivity index (χ1v) is 2.76. The molecular weight excluding hydrogens is 118 g/mol. The molecule has 0 aromatic heterocycles. The lowest BCUT2D eigenvalue weighted by Crippen LogP contribution is -2.30. The molecule has 0 radical (unpaired) electrons. The van der Waals surface area contributed by atoms with Crippen molar-refractivity contribution < 1.29 is 9.90 Å². The zero-order valence-corrected chi connectivity index (χ0v) is 5.46. The molecule has 3 nitrogen and oxygen atoms in total. The first-order valence-electron chi connectivity index (χ1n) is 2.76. The van der Waals surface area contributed by atoms with Crippen LogP contribution in [0.1, 0.15) is 6.92 Å². The Balaban J connectivity index is 2.82. The molecule has 0 saturated carbocycles. The molecule has 1 unspecified atom stereocenters. The molecular formula is C6H9NO2. The number of carbonyl (C=O) groups is 1. The van der Waals surface area contributed by atoms with Crippen molar-refractivity contribution in [2.24, 2.45) is 0 Å². The van der Waals surface area contributed by atoms with Crippen molar-refractivity contribution in [1.82, 2.24) is 4.90 Å². The van der Waals surface area contributed by atoms with E-state index in [2.05, 4.69) is 0 Å². The van der Waals surface area contributed by atoms with Crippen LogP contribution in [0.2, 0.25) is 0 Å². The van der Waals surface area contributed by atoms with Crippen LogP contribution in [0.25, 0.3) is 0 Å². The lowest BCUT2D eigenvalue weighted by atomic mass is 10.3. The van der Waals surface area contributed by atoms with Crippen LogP contribution in [0.5, 0.6) is 0 Å². The summed E-state index contributed by atoms with van der Waals surface area (Å²) in [5, 5.41) is 9.07. The molecule has 1 amide bonds. The van der Waals surface area contributed by atoms with Gasteiger partial charge in [-0.25, -0.2) is 0 Å². The van der Waals surface area contributed by atoms with E-state index in [4.69, 9.17) is 5.11 Å². The molecule has 0 spiro atoms. The van der Waals surface area contributed by atoms with E-state index < -0.39 is 6.23 Å². The number of carbonyl (C=O) groups excluding carboxylic acids is 1. The number of hydrogen-bond donors (Lipinski definition) is 1. The topological polar surface area (TPSA) is 40.5 Å². The Labute approximate surface area is 53.6 Å². The fraction of sp³-hybridized carbons (Fsp3) is 0.500. The van der Waals surface area contributed by atoms with Crippen molar-refractivity contribution in [2.75, 3.05) is 7.05 Å². The van der Waals surface area contributed by atoms with Gasteiger partial charge in [-0.2, -0.15) is 0 Å². The van der Waals surface area contributed by atoms with E-state index in [-0.39, 0.29) is 5.91 Å². The smallest absolute Gasteiger partial charge is 0.248 e. The standard InChI is InChI=1S/C6H9NO2/c1-4-3-5(8)7(2)6(4)9/h3,6,9H,1-2H3. The molecule has 1 rings (SSSR count). The number of hydrogen-bond acceptors (Lipinski definition) is 2. The molecule has 0 aromatic rings. The quantitative estimate of drug-likeness (QED) is 0.486. The fourth-order valence-corrected chi connectivity index (χ4v) is 0.797. The maximum Gasteiger partial charge on any atom is 0.248 e. The van der Waals surface area contributed by atoms with Crippen LogP contribution in [0.4, 0.5) is 0 Å². The Hall–Kier alpha value is -0.830.